The molecule has 2 N–H and O–H groups in total. The van der Waals surface area contributed by atoms with Crippen LogP contribution in [0.25, 0.3) is 11.1 Å². The van der Waals surface area contributed by atoms with E-state index in [-0.39, 0.29) is 11.9 Å². The number of nitrogen functional groups attached to an aromatic ring is 1. The first-order valence-electron chi connectivity index (χ1n) is 8.19. The SMILES string of the molecule is Nc1ncc2c(n1)CC(c1ccccc1-c1cccnc1)CC2N=O. The van der Waals surface area contributed by atoms with Gasteiger partial charge in [-0.05, 0) is 36.0 Å². The molecule has 0 fully saturated rings. The second kappa shape index (κ2) is 6.39. The molecule has 2 unspecified atom stereocenters. The van der Waals surface area contributed by atoms with E-state index < -0.39 is 6.04 Å². The second-order valence-electron chi connectivity index (χ2n) is 6.22. The van der Waals surface area contributed by atoms with E-state index in [1.54, 1.807) is 12.4 Å². The molecule has 1 aliphatic rings. The smallest absolute Gasteiger partial charge is 0.220 e. The maximum atomic E-state index is 11.4. The Balaban J connectivity index is 1.78. The van der Waals surface area contributed by atoms with Crippen molar-refractivity contribution in [1.82, 2.24) is 15.0 Å². The molecule has 6 nitrogen and oxygen atoms in total. The van der Waals surface area contributed by atoms with Crippen LogP contribution < -0.4 is 5.73 Å². The van der Waals surface area contributed by atoms with Gasteiger partial charge in [0.25, 0.3) is 0 Å². The molecule has 0 bridgehead atoms. The molecule has 1 aromatic carbocycles. The molecule has 3 aromatic rings. The Morgan fingerprint density at radius 3 is 2.76 bits per heavy atom. The summed E-state index contributed by atoms with van der Waals surface area (Å²) in [4.78, 5) is 24.0. The molecular formula is C19H17N5O. The Kier molecular flexibility index (Phi) is 3.93. The van der Waals surface area contributed by atoms with Crippen LogP contribution in [-0.2, 0) is 6.42 Å². The van der Waals surface area contributed by atoms with Gasteiger partial charge in [0.2, 0.25) is 5.95 Å². The molecule has 25 heavy (non-hydrogen) atoms. The molecule has 0 spiro atoms. The summed E-state index contributed by atoms with van der Waals surface area (Å²) in [6.07, 6.45) is 6.60. The van der Waals surface area contributed by atoms with Crippen LogP contribution in [-0.4, -0.2) is 15.0 Å². The molecule has 0 radical (unpaired) electrons. The molecule has 0 saturated carbocycles. The number of hydrogen-bond acceptors (Lipinski definition) is 6. The summed E-state index contributed by atoms with van der Waals surface area (Å²) in [5.74, 6) is 0.366. The van der Waals surface area contributed by atoms with Crippen molar-refractivity contribution in [2.45, 2.75) is 24.8 Å². The summed E-state index contributed by atoms with van der Waals surface area (Å²) in [6.45, 7) is 0. The van der Waals surface area contributed by atoms with Crippen LogP contribution in [0.2, 0.25) is 0 Å². The third-order valence-corrected chi connectivity index (χ3v) is 4.73. The number of rotatable bonds is 3. The van der Waals surface area contributed by atoms with Crippen molar-refractivity contribution in [2.24, 2.45) is 5.18 Å². The largest absolute Gasteiger partial charge is 0.368 e. The molecule has 1 aliphatic carbocycles. The minimum absolute atomic E-state index is 0.140. The fourth-order valence-corrected chi connectivity index (χ4v) is 3.57. The highest BCUT2D eigenvalue weighted by atomic mass is 16.3. The fraction of sp³-hybridized carbons (Fsp3) is 0.211. The van der Waals surface area contributed by atoms with Crippen LogP contribution in [0.5, 0.6) is 0 Å². The van der Waals surface area contributed by atoms with Gasteiger partial charge in [0.1, 0.15) is 6.04 Å². The first-order valence-corrected chi connectivity index (χ1v) is 8.19. The van der Waals surface area contributed by atoms with Gasteiger partial charge >= 0.3 is 0 Å². The zero-order chi connectivity index (χ0) is 17.2. The van der Waals surface area contributed by atoms with E-state index in [9.17, 15) is 4.91 Å². The summed E-state index contributed by atoms with van der Waals surface area (Å²) >= 11 is 0. The zero-order valence-electron chi connectivity index (χ0n) is 13.5. The number of anilines is 1. The van der Waals surface area contributed by atoms with Gasteiger partial charge in [-0.3, -0.25) is 4.98 Å². The number of benzene rings is 1. The van der Waals surface area contributed by atoms with Gasteiger partial charge in [-0.1, -0.05) is 35.5 Å². The van der Waals surface area contributed by atoms with E-state index in [0.29, 0.717) is 12.8 Å². The third-order valence-electron chi connectivity index (χ3n) is 4.73. The van der Waals surface area contributed by atoms with Crippen LogP contribution in [0.4, 0.5) is 5.95 Å². The van der Waals surface area contributed by atoms with Crippen molar-refractivity contribution in [3.63, 3.8) is 0 Å². The lowest BCUT2D eigenvalue weighted by atomic mass is 9.78. The van der Waals surface area contributed by atoms with Crippen molar-refractivity contribution >= 4 is 5.95 Å². The van der Waals surface area contributed by atoms with Gasteiger partial charge in [0, 0.05) is 29.7 Å². The first kappa shape index (κ1) is 15.4. The minimum atomic E-state index is -0.448. The van der Waals surface area contributed by atoms with Crippen molar-refractivity contribution in [1.29, 1.82) is 0 Å². The van der Waals surface area contributed by atoms with Crippen molar-refractivity contribution < 1.29 is 0 Å². The molecule has 124 valence electrons. The van der Waals surface area contributed by atoms with E-state index in [4.69, 9.17) is 5.73 Å². The van der Waals surface area contributed by atoms with E-state index in [0.717, 1.165) is 22.4 Å². The molecule has 2 aromatic heterocycles. The summed E-state index contributed by atoms with van der Waals surface area (Å²) in [5, 5.41) is 3.31. The third kappa shape index (κ3) is 2.87. The number of nitrogens with zero attached hydrogens (tertiary/aromatic N) is 4. The lowest BCUT2D eigenvalue weighted by Gasteiger charge is -2.28. The minimum Gasteiger partial charge on any atom is -0.368 e. The number of aromatic nitrogens is 3. The van der Waals surface area contributed by atoms with Crippen LogP contribution in [0, 0.1) is 4.91 Å². The zero-order valence-corrected chi connectivity index (χ0v) is 13.5. The summed E-state index contributed by atoms with van der Waals surface area (Å²) in [6, 6.07) is 11.7. The van der Waals surface area contributed by atoms with Crippen LogP contribution >= 0.6 is 0 Å². The van der Waals surface area contributed by atoms with Crippen LogP contribution in [0.1, 0.15) is 35.2 Å². The molecule has 0 saturated heterocycles. The van der Waals surface area contributed by atoms with Gasteiger partial charge in [-0.15, -0.1) is 0 Å². The molecule has 0 amide bonds. The Labute approximate surface area is 145 Å². The maximum absolute atomic E-state index is 11.4. The predicted molar refractivity (Wildman–Crippen MR) is 95.7 cm³/mol. The monoisotopic (exact) mass is 331 g/mol. The number of nitrogens with two attached hydrogens (primary N) is 1. The number of hydrogen-bond donors (Lipinski definition) is 1. The Bertz CT molecular complexity index is 913. The second-order valence-corrected chi connectivity index (χ2v) is 6.22. The highest BCUT2D eigenvalue weighted by molar-refractivity contribution is 5.67. The van der Waals surface area contributed by atoms with Crippen molar-refractivity contribution in [3.05, 3.63) is 76.7 Å². The highest BCUT2D eigenvalue weighted by Crippen LogP contribution is 2.42. The maximum Gasteiger partial charge on any atom is 0.220 e. The van der Waals surface area contributed by atoms with Gasteiger partial charge in [-0.25, -0.2) is 9.97 Å². The van der Waals surface area contributed by atoms with Crippen LogP contribution in [0.3, 0.4) is 0 Å². The molecule has 0 aliphatic heterocycles. The summed E-state index contributed by atoms with van der Waals surface area (Å²) < 4.78 is 0. The van der Waals surface area contributed by atoms with Crippen molar-refractivity contribution in [2.75, 3.05) is 5.73 Å². The number of pyridine rings is 1. The topological polar surface area (TPSA) is 94.1 Å². The average molecular weight is 331 g/mol. The van der Waals surface area contributed by atoms with E-state index >= 15 is 0 Å². The molecule has 6 heteroatoms. The van der Waals surface area contributed by atoms with Crippen LogP contribution in [0.15, 0.2) is 60.2 Å². The predicted octanol–water partition coefficient (Wildman–Crippen LogP) is 3.66. The first-order chi connectivity index (χ1) is 12.3. The quantitative estimate of drug-likeness (QED) is 0.739. The number of fused-ring (bicyclic) bond motifs is 1. The summed E-state index contributed by atoms with van der Waals surface area (Å²) in [5.41, 5.74) is 10.7. The normalized spacial score (nSPS) is 19.2. The van der Waals surface area contributed by atoms with Gasteiger partial charge in [-0.2, -0.15) is 4.91 Å². The molecule has 4 rings (SSSR count). The Morgan fingerprint density at radius 2 is 1.96 bits per heavy atom. The highest BCUT2D eigenvalue weighted by Gasteiger charge is 2.31. The Hall–Kier alpha value is -3.15. The lowest BCUT2D eigenvalue weighted by molar-refractivity contribution is 0.493. The molecular weight excluding hydrogens is 314 g/mol. The standard InChI is InChI=1S/C19H17N5O/c20-19-22-11-16-17(23-19)8-13(9-18(16)24-25)15-6-2-1-5-14(15)12-4-3-7-21-10-12/h1-7,10-11,13,18H,8-9H2,(H2,20,22,23). The average Bonchev–Trinajstić information content (AvgIpc) is 2.67. The van der Waals surface area contributed by atoms with E-state index in [1.165, 1.54) is 5.56 Å². The summed E-state index contributed by atoms with van der Waals surface area (Å²) in [7, 11) is 0. The lowest BCUT2D eigenvalue weighted by Crippen LogP contribution is -2.19. The van der Waals surface area contributed by atoms with E-state index in [2.05, 4.69) is 32.3 Å². The fourth-order valence-electron chi connectivity index (χ4n) is 3.57. The van der Waals surface area contributed by atoms with Crippen molar-refractivity contribution in [3.8, 4) is 11.1 Å². The van der Waals surface area contributed by atoms with Gasteiger partial charge < -0.3 is 5.73 Å². The molecule has 2 atom stereocenters. The molecule has 2 heterocycles. The Morgan fingerprint density at radius 1 is 1.08 bits per heavy atom. The van der Waals surface area contributed by atoms with E-state index in [1.807, 2.05) is 30.5 Å². The number of nitroso groups, excluding NO2 is 1. The van der Waals surface area contributed by atoms with Gasteiger partial charge in [0.05, 0.1) is 5.69 Å². The van der Waals surface area contributed by atoms with Gasteiger partial charge in [0.15, 0.2) is 0 Å².